The average Bonchev–Trinajstić information content (AvgIpc) is 2.91. The maximum atomic E-state index is 11.5. The Morgan fingerprint density at radius 3 is 2.55 bits per heavy atom. The summed E-state index contributed by atoms with van der Waals surface area (Å²) >= 11 is 0. The van der Waals surface area contributed by atoms with Gasteiger partial charge in [0.05, 0.1) is 12.3 Å². The molecule has 2 aromatic rings. The molecule has 0 aliphatic rings. The second-order valence-electron chi connectivity index (χ2n) is 5.36. The van der Waals surface area contributed by atoms with Gasteiger partial charge in [-0.25, -0.2) is 4.79 Å². The summed E-state index contributed by atoms with van der Waals surface area (Å²) in [7, 11) is 0. The van der Waals surface area contributed by atoms with E-state index >= 15 is 0 Å². The fraction of sp³-hybridized carbons (Fsp3) is 0.400. The van der Waals surface area contributed by atoms with Crippen LogP contribution in [0.25, 0.3) is 5.69 Å². The number of nitrogens with zero attached hydrogens (tertiary/aromatic N) is 1. The number of anilines is 1. The van der Waals surface area contributed by atoms with Gasteiger partial charge in [-0.05, 0) is 30.7 Å². The maximum Gasteiger partial charge on any atom is 0.330 e. The summed E-state index contributed by atoms with van der Waals surface area (Å²) in [6.45, 7) is 4.99. The van der Waals surface area contributed by atoms with Crippen molar-refractivity contribution in [1.29, 1.82) is 0 Å². The molecule has 0 radical (unpaired) electrons. The van der Waals surface area contributed by atoms with Crippen molar-refractivity contribution in [1.82, 2.24) is 9.55 Å². The van der Waals surface area contributed by atoms with Crippen molar-refractivity contribution in [2.24, 2.45) is 5.41 Å². The molecule has 0 saturated carbocycles. The van der Waals surface area contributed by atoms with Crippen molar-refractivity contribution in [3.05, 3.63) is 47.1 Å². The van der Waals surface area contributed by atoms with Crippen LogP contribution in [0, 0.1) is 5.41 Å². The van der Waals surface area contributed by atoms with E-state index < -0.39 is 0 Å². The van der Waals surface area contributed by atoms with Crippen LogP contribution in [0.5, 0.6) is 0 Å². The van der Waals surface area contributed by atoms with Crippen LogP contribution < -0.4 is 11.0 Å². The van der Waals surface area contributed by atoms with Crippen molar-refractivity contribution < 1.29 is 5.11 Å². The van der Waals surface area contributed by atoms with Crippen LogP contribution in [0.3, 0.4) is 0 Å². The van der Waals surface area contributed by atoms with Gasteiger partial charge in [0, 0.05) is 30.0 Å². The van der Waals surface area contributed by atoms with Gasteiger partial charge in [-0.2, -0.15) is 0 Å². The Morgan fingerprint density at radius 2 is 2.05 bits per heavy atom. The third-order valence-electron chi connectivity index (χ3n) is 3.75. The molecule has 1 aromatic carbocycles. The third-order valence-corrected chi connectivity index (χ3v) is 3.75. The lowest BCUT2D eigenvalue weighted by molar-refractivity contribution is 0.149. The van der Waals surface area contributed by atoms with Crippen molar-refractivity contribution in [2.75, 3.05) is 18.5 Å². The first-order chi connectivity index (χ1) is 9.58. The normalized spacial score (nSPS) is 13.9. The van der Waals surface area contributed by atoms with Crippen LogP contribution in [0.1, 0.15) is 20.3 Å². The van der Waals surface area contributed by atoms with E-state index in [-0.39, 0.29) is 17.7 Å². The highest BCUT2D eigenvalue weighted by molar-refractivity contribution is 5.48. The van der Waals surface area contributed by atoms with Gasteiger partial charge in [-0.1, -0.05) is 13.8 Å². The Bertz CT molecular complexity index is 594. The number of hydrogen-bond acceptors (Lipinski definition) is 3. The molecule has 5 heteroatoms. The lowest BCUT2D eigenvalue weighted by atomic mass is 9.88. The van der Waals surface area contributed by atoms with E-state index in [0.29, 0.717) is 6.54 Å². The topological polar surface area (TPSA) is 70.0 Å². The van der Waals surface area contributed by atoms with Gasteiger partial charge >= 0.3 is 5.69 Å². The maximum absolute atomic E-state index is 11.5. The largest absolute Gasteiger partial charge is 0.396 e. The molecule has 0 amide bonds. The Morgan fingerprint density at radius 1 is 1.35 bits per heavy atom. The van der Waals surface area contributed by atoms with Gasteiger partial charge in [-0.15, -0.1) is 0 Å². The Hall–Kier alpha value is -2.01. The van der Waals surface area contributed by atoms with Crippen molar-refractivity contribution in [2.45, 2.75) is 20.3 Å². The van der Waals surface area contributed by atoms with Gasteiger partial charge in [0.1, 0.15) is 0 Å². The minimum atomic E-state index is -0.149. The molecule has 1 unspecified atom stereocenters. The first kappa shape index (κ1) is 14.4. The van der Waals surface area contributed by atoms with E-state index in [1.807, 2.05) is 31.2 Å². The van der Waals surface area contributed by atoms with Crippen molar-refractivity contribution in [3.8, 4) is 5.69 Å². The summed E-state index contributed by atoms with van der Waals surface area (Å²) in [5, 5.41) is 12.7. The smallest absolute Gasteiger partial charge is 0.330 e. The van der Waals surface area contributed by atoms with E-state index in [4.69, 9.17) is 0 Å². The number of rotatable bonds is 6. The molecule has 0 bridgehead atoms. The van der Waals surface area contributed by atoms with Gasteiger partial charge in [0.25, 0.3) is 0 Å². The zero-order valence-corrected chi connectivity index (χ0v) is 11.9. The SMILES string of the molecule is CCC(C)(CO)CNc1ccc(-n2cc[nH]c2=O)cc1. The fourth-order valence-electron chi connectivity index (χ4n) is 1.87. The Kier molecular flexibility index (Phi) is 4.29. The zero-order chi connectivity index (χ0) is 14.6. The molecule has 0 spiro atoms. The van der Waals surface area contributed by atoms with Crippen LogP contribution >= 0.6 is 0 Å². The number of aromatic nitrogens is 2. The van der Waals surface area contributed by atoms with Crippen LogP contribution in [0.2, 0.25) is 0 Å². The van der Waals surface area contributed by atoms with Crippen LogP contribution in [-0.4, -0.2) is 27.8 Å². The van der Waals surface area contributed by atoms with Crippen molar-refractivity contribution >= 4 is 5.69 Å². The lowest BCUT2D eigenvalue weighted by Gasteiger charge is -2.26. The molecule has 0 saturated heterocycles. The predicted molar refractivity (Wildman–Crippen MR) is 80.4 cm³/mol. The molecule has 1 atom stereocenters. The van der Waals surface area contributed by atoms with Gasteiger partial charge in [0.15, 0.2) is 0 Å². The molecule has 3 N–H and O–H groups in total. The summed E-state index contributed by atoms with van der Waals surface area (Å²) < 4.78 is 1.55. The minimum absolute atomic E-state index is 0.115. The molecule has 2 rings (SSSR count). The second kappa shape index (κ2) is 5.96. The lowest BCUT2D eigenvalue weighted by Crippen LogP contribution is -2.29. The number of aliphatic hydroxyl groups is 1. The molecular weight excluding hydrogens is 254 g/mol. The Balaban J connectivity index is 2.06. The molecule has 108 valence electrons. The monoisotopic (exact) mass is 275 g/mol. The molecule has 1 heterocycles. The quantitative estimate of drug-likeness (QED) is 0.755. The van der Waals surface area contributed by atoms with Crippen molar-refractivity contribution in [3.63, 3.8) is 0 Å². The number of nitrogens with one attached hydrogen (secondary N) is 2. The summed E-state index contributed by atoms with van der Waals surface area (Å²) in [6.07, 6.45) is 4.22. The number of hydrogen-bond donors (Lipinski definition) is 3. The number of benzene rings is 1. The first-order valence-corrected chi connectivity index (χ1v) is 6.79. The Labute approximate surface area is 118 Å². The number of aromatic amines is 1. The summed E-state index contributed by atoms with van der Waals surface area (Å²) in [4.78, 5) is 14.1. The average molecular weight is 275 g/mol. The molecule has 0 aliphatic carbocycles. The number of aliphatic hydroxyl groups excluding tert-OH is 1. The molecule has 20 heavy (non-hydrogen) atoms. The summed E-state index contributed by atoms with van der Waals surface area (Å²) in [5.74, 6) is 0. The van der Waals surface area contributed by atoms with Crippen LogP contribution in [0.4, 0.5) is 5.69 Å². The summed E-state index contributed by atoms with van der Waals surface area (Å²) in [5.41, 5.74) is 1.54. The highest BCUT2D eigenvalue weighted by atomic mass is 16.3. The van der Waals surface area contributed by atoms with Gasteiger partial charge in [-0.3, -0.25) is 4.57 Å². The minimum Gasteiger partial charge on any atom is -0.396 e. The third kappa shape index (κ3) is 3.11. The van der Waals surface area contributed by atoms with Crippen LogP contribution in [0.15, 0.2) is 41.5 Å². The van der Waals surface area contributed by atoms with E-state index in [0.717, 1.165) is 17.8 Å². The van der Waals surface area contributed by atoms with E-state index in [9.17, 15) is 9.90 Å². The van der Waals surface area contributed by atoms with E-state index in [2.05, 4.69) is 17.2 Å². The van der Waals surface area contributed by atoms with Gasteiger partial charge in [0.2, 0.25) is 0 Å². The number of imidazole rings is 1. The summed E-state index contributed by atoms with van der Waals surface area (Å²) in [6, 6.07) is 7.64. The highest BCUT2D eigenvalue weighted by Gasteiger charge is 2.20. The fourth-order valence-corrected chi connectivity index (χ4v) is 1.87. The molecule has 0 fully saturated rings. The second-order valence-corrected chi connectivity index (χ2v) is 5.36. The van der Waals surface area contributed by atoms with Crippen LogP contribution in [-0.2, 0) is 0 Å². The van der Waals surface area contributed by atoms with E-state index in [1.165, 1.54) is 0 Å². The molecule has 5 nitrogen and oxygen atoms in total. The first-order valence-electron chi connectivity index (χ1n) is 6.79. The highest BCUT2D eigenvalue weighted by Crippen LogP contribution is 2.21. The zero-order valence-electron chi connectivity index (χ0n) is 11.9. The number of H-pyrrole nitrogens is 1. The van der Waals surface area contributed by atoms with E-state index in [1.54, 1.807) is 17.0 Å². The molecular formula is C15H21N3O2. The predicted octanol–water partition coefficient (Wildman–Crippen LogP) is 1.99. The molecule has 1 aromatic heterocycles. The standard InChI is InChI=1S/C15H21N3O2/c1-3-15(2,11-19)10-17-12-4-6-13(7-5-12)18-9-8-16-14(18)20/h4-9,17,19H,3,10-11H2,1-2H3,(H,16,20). The molecule has 0 aliphatic heterocycles. The van der Waals surface area contributed by atoms with Gasteiger partial charge < -0.3 is 15.4 Å².